The first-order valence-electron chi connectivity index (χ1n) is 8.14. The second kappa shape index (κ2) is 5.92. The fourth-order valence-electron chi connectivity index (χ4n) is 2.98. The lowest BCUT2D eigenvalue weighted by Gasteiger charge is -2.14. The van der Waals surface area contributed by atoms with E-state index >= 15 is 0 Å². The highest BCUT2D eigenvalue weighted by atomic mass is 16.3. The maximum absolute atomic E-state index is 12.1. The van der Waals surface area contributed by atoms with E-state index in [2.05, 4.69) is 15.4 Å². The van der Waals surface area contributed by atoms with Gasteiger partial charge < -0.3 is 10.4 Å². The molecule has 23 heavy (non-hydrogen) atoms. The van der Waals surface area contributed by atoms with Crippen LogP contribution in [-0.4, -0.2) is 38.8 Å². The predicted octanol–water partition coefficient (Wildman–Crippen LogP) is 1.48. The smallest absolute Gasteiger partial charge is 0.220 e. The molecule has 2 aromatic heterocycles. The summed E-state index contributed by atoms with van der Waals surface area (Å²) in [4.78, 5) is 16.6. The average molecular weight is 316 g/mol. The van der Waals surface area contributed by atoms with Crippen molar-refractivity contribution in [1.29, 1.82) is 0 Å². The Morgan fingerprint density at radius 1 is 1.39 bits per heavy atom. The molecule has 1 amide bonds. The fourth-order valence-corrected chi connectivity index (χ4v) is 2.98. The van der Waals surface area contributed by atoms with Gasteiger partial charge in [0.05, 0.1) is 12.3 Å². The first kappa shape index (κ1) is 15.9. The minimum atomic E-state index is -0.0471. The zero-order chi connectivity index (χ0) is 16.6. The number of hydrogen-bond donors (Lipinski definition) is 2. The standard InChI is InChI=1S/C17H24N4O2/c1-11-8-15-19-12(2)14(13(3)21(15)20-11)4-5-16(23)18-9-17(10-22)6-7-17/h8,22H,4-7,9-10H2,1-3H3,(H,18,23). The van der Waals surface area contributed by atoms with E-state index in [1.165, 1.54) is 0 Å². The summed E-state index contributed by atoms with van der Waals surface area (Å²) in [6, 6.07) is 1.96. The van der Waals surface area contributed by atoms with Crippen molar-refractivity contribution in [2.24, 2.45) is 5.41 Å². The molecule has 0 radical (unpaired) electrons. The van der Waals surface area contributed by atoms with E-state index in [-0.39, 0.29) is 17.9 Å². The van der Waals surface area contributed by atoms with E-state index in [0.717, 1.165) is 41.1 Å². The Hall–Kier alpha value is -1.95. The number of fused-ring (bicyclic) bond motifs is 1. The number of aromatic nitrogens is 3. The van der Waals surface area contributed by atoms with Crippen LogP contribution in [0.2, 0.25) is 0 Å². The van der Waals surface area contributed by atoms with Crippen molar-refractivity contribution in [3.8, 4) is 0 Å². The van der Waals surface area contributed by atoms with Gasteiger partial charge in [0.1, 0.15) is 0 Å². The summed E-state index contributed by atoms with van der Waals surface area (Å²) in [5.41, 5.74) is 4.82. The minimum Gasteiger partial charge on any atom is -0.396 e. The van der Waals surface area contributed by atoms with Crippen molar-refractivity contribution in [3.63, 3.8) is 0 Å². The van der Waals surface area contributed by atoms with Gasteiger partial charge in [-0.2, -0.15) is 5.10 Å². The van der Waals surface area contributed by atoms with Gasteiger partial charge in [-0.25, -0.2) is 9.50 Å². The van der Waals surface area contributed by atoms with Crippen LogP contribution in [-0.2, 0) is 11.2 Å². The number of carbonyl (C=O) groups excluding carboxylic acids is 1. The quantitative estimate of drug-likeness (QED) is 0.846. The molecule has 2 heterocycles. The van der Waals surface area contributed by atoms with E-state index in [1.807, 2.05) is 31.4 Å². The second-order valence-corrected chi connectivity index (χ2v) is 6.75. The van der Waals surface area contributed by atoms with Crippen molar-refractivity contribution in [2.45, 2.75) is 46.5 Å². The molecule has 0 saturated heterocycles. The molecule has 0 bridgehead atoms. The van der Waals surface area contributed by atoms with Crippen LogP contribution in [0.4, 0.5) is 0 Å². The Balaban J connectivity index is 1.65. The maximum atomic E-state index is 12.1. The molecule has 0 spiro atoms. The van der Waals surface area contributed by atoms with Crippen LogP contribution in [0, 0.1) is 26.2 Å². The summed E-state index contributed by atoms with van der Waals surface area (Å²) in [5.74, 6) is 0.0280. The van der Waals surface area contributed by atoms with Crippen LogP contribution >= 0.6 is 0 Å². The zero-order valence-corrected chi connectivity index (χ0v) is 14.0. The van der Waals surface area contributed by atoms with Crippen LogP contribution in [0.3, 0.4) is 0 Å². The topological polar surface area (TPSA) is 79.5 Å². The summed E-state index contributed by atoms with van der Waals surface area (Å²) >= 11 is 0. The number of aliphatic hydroxyl groups is 1. The molecule has 1 fully saturated rings. The molecule has 6 heteroatoms. The molecule has 124 valence electrons. The van der Waals surface area contributed by atoms with E-state index in [4.69, 9.17) is 0 Å². The van der Waals surface area contributed by atoms with Gasteiger partial charge in [-0.1, -0.05) is 0 Å². The lowest BCUT2D eigenvalue weighted by molar-refractivity contribution is -0.121. The molecule has 0 unspecified atom stereocenters. The largest absolute Gasteiger partial charge is 0.396 e. The van der Waals surface area contributed by atoms with Crippen LogP contribution in [0.5, 0.6) is 0 Å². The third-order valence-electron chi connectivity index (χ3n) is 4.84. The Morgan fingerprint density at radius 2 is 2.13 bits per heavy atom. The van der Waals surface area contributed by atoms with Gasteiger partial charge in [-0.3, -0.25) is 4.79 Å². The highest BCUT2D eigenvalue weighted by Crippen LogP contribution is 2.44. The van der Waals surface area contributed by atoms with E-state index < -0.39 is 0 Å². The molecule has 6 nitrogen and oxygen atoms in total. The number of aryl methyl sites for hydroxylation is 3. The number of amides is 1. The SMILES string of the molecule is Cc1cc2nc(C)c(CCC(=O)NCC3(CO)CC3)c(C)n2n1. The Labute approximate surface area is 135 Å². The molecule has 1 aliphatic carbocycles. The first-order chi connectivity index (χ1) is 10.9. The molecular formula is C17H24N4O2. The molecule has 1 saturated carbocycles. The lowest BCUT2D eigenvalue weighted by Crippen LogP contribution is -2.32. The fraction of sp³-hybridized carbons (Fsp3) is 0.588. The minimum absolute atomic E-state index is 0.0280. The predicted molar refractivity (Wildman–Crippen MR) is 87.3 cm³/mol. The lowest BCUT2D eigenvalue weighted by atomic mass is 10.1. The van der Waals surface area contributed by atoms with Crippen LogP contribution < -0.4 is 5.32 Å². The van der Waals surface area contributed by atoms with Crippen LogP contribution in [0.1, 0.15) is 41.9 Å². The first-order valence-corrected chi connectivity index (χ1v) is 8.14. The second-order valence-electron chi connectivity index (χ2n) is 6.75. The van der Waals surface area contributed by atoms with Gasteiger partial charge in [0.15, 0.2) is 5.65 Å². The van der Waals surface area contributed by atoms with E-state index in [9.17, 15) is 9.90 Å². The van der Waals surface area contributed by atoms with Gasteiger partial charge in [0.25, 0.3) is 0 Å². The Bertz CT molecular complexity index is 747. The summed E-state index contributed by atoms with van der Waals surface area (Å²) in [6.45, 7) is 6.69. The summed E-state index contributed by atoms with van der Waals surface area (Å²) in [7, 11) is 0. The molecule has 0 aromatic carbocycles. The number of aliphatic hydroxyl groups excluding tert-OH is 1. The monoisotopic (exact) mass is 316 g/mol. The molecule has 3 rings (SSSR count). The number of nitrogens with zero attached hydrogens (tertiary/aromatic N) is 3. The van der Waals surface area contributed by atoms with Gasteiger partial charge in [0.2, 0.25) is 5.91 Å². The number of hydrogen-bond acceptors (Lipinski definition) is 4. The maximum Gasteiger partial charge on any atom is 0.220 e. The summed E-state index contributed by atoms with van der Waals surface area (Å²) < 4.78 is 1.85. The van der Waals surface area contributed by atoms with Gasteiger partial charge in [0, 0.05) is 35.8 Å². The van der Waals surface area contributed by atoms with Crippen molar-refractivity contribution in [2.75, 3.05) is 13.2 Å². The van der Waals surface area contributed by atoms with Crippen molar-refractivity contribution in [1.82, 2.24) is 19.9 Å². The van der Waals surface area contributed by atoms with Crippen molar-refractivity contribution >= 4 is 11.6 Å². The molecule has 2 aromatic rings. The normalized spacial score (nSPS) is 15.8. The van der Waals surface area contributed by atoms with Gasteiger partial charge in [-0.15, -0.1) is 0 Å². The number of rotatable bonds is 6. The van der Waals surface area contributed by atoms with Crippen LogP contribution in [0.15, 0.2) is 6.07 Å². The zero-order valence-electron chi connectivity index (χ0n) is 14.0. The third-order valence-corrected chi connectivity index (χ3v) is 4.84. The summed E-state index contributed by atoms with van der Waals surface area (Å²) in [5, 5.41) is 16.7. The molecular weight excluding hydrogens is 292 g/mol. The molecule has 1 aliphatic rings. The van der Waals surface area contributed by atoms with Gasteiger partial charge >= 0.3 is 0 Å². The van der Waals surface area contributed by atoms with Crippen LogP contribution in [0.25, 0.3) is 5.65 Å². The number of carbonyl (C=O) groups is 1. The molecule has 0 aliphatic heterocycles. The molecule has 2 N–H and O–H groups in total. The highest BCUT2D eigenvalue weighted by molar-refractivity contribution is 5.76. The molecule has 0 atom stereocenters. The van der Waals surface area contributed by atoms with E-state index in [1.54, 1.807) is 0 Å². The number of nitrogens with one attached hydrogen (secondary N) is 1. The Kier molecular flexibility index (Phi) is 4.10. The van der Waals surface area contributed by atoms with E-state index in [0.29, 0.717) is 19.4 Å². The van der Waals surface area contributed by atoms with Gasteiger partial charge in [-0.05, 0) is 45.6 Å². The summed E-state index contributed by atoms with van der Waals surface area (Å²) in [6.07, 6.45) is 3.08. The average Bonchev–Trinajstić information content (AvgIpc) is 3.20. The third kappa shape index (κ3) is 3.22. The Morgan fingerprint density at radius 3 is 2.78 bits per heavy atom. The van der Waals surface area contributed by atoms with Crippen molar-refractivity contribution < 1.29 is 9.90 Å². The highest BCUT2D eigenvalue weighted by Gasteiger charge is 2.41. The van der Waals surface area contributed by atoms with Crippen molar-refractivity contribution in [3.05, 3.63) is 28.7 Å².